The smallest absolute Gasteiger partial charge is 0.228 e. The van der Waals surface area contributed by atoms with Crippen LogP contribution in [0.2, 0.25) is 0 Å². The largest absolute Gasteiger partial charge is 0.378 e. The molecule has 0 aliphatic carbocycles. The molecule has 5 nitrogen and oxygen atoms in total. The van der Waals surface area contributed by atoms with Gasteiger partial charge in [0.15, 0.2) is 6.29 Å². The van der Waals surface area contributed by atoms with E-state index in [-0.39, 0.29) is 0 Å². The second kappa shape index (κ2) is 3.57. The standard InChI is InChI=1S/C8H10N2O3/c11-6-7-5-8(13-9-7)10-1-3-12-4-2-10/h5-6H,1-4H2. The molecule has 1 saturated heterocycles. The van der Waals surface area contributed by atoms with Crippen LogP contribution < -0.4 is 4.90 Å². The number of anilines is 1. The first-order valence-corrected chi connectivity index (χ1v) is 4.15. The van der Waals surface area contributed by atoms with Gasteiger partial charge in [0.2, 0.25) is 5.88 Å². The first kappa shape index (κ1) is 8.25. The van der Waals surface area contributed by atoms with Gasteiger partial charge in [-0.05, 0) is 0 Å². The zero-order valence-corrected chi connectivity index (χ0v) is 7.10. The van der Waals surface area contributed by atoms with Gasteiger partial charge < -0.3 is 14.2 Å². The first-order valence-electron chi connectivity index (χ1n) is 4.15. The van der Waals surface area contributed by atoms with Crippen LogP contribution in [0.15, 0.2) is 10.6 Å². The molecular weight excluding hydrogens is 172 g/mol. The highest BCUT2D eigenvalue weighted by Gasteiger charge is 2.15. The summed E-state index contributed by atoms with van der Waals surface area (Å²) in [6.07, 6.45) is 0.674. The van der Waals surface area contributed by atoms with Gasteiger partial charge in [0.1, 0.15) is 5.69 Å². The zero-order valence-electron chi connectivity index (χ0n) is 7.10. The Balaban J connectivity index is 2.09. The van der Waals surface area contributed by atoms with Crippen molar-refractivity contribution in [3.63, 3.8) is 0 Å². The third kappa shape index (κ3) is 1.70. The molecule has 0 radical (unpaired) electrons. The lowest BCUT2D eigenvalue weighted by Gasteiger charge is -2.25. The Labute approximate surface area is 75.3 Å². The molecule has 0 atom stereocenters. The van der Waals surface area contributed by atoms with Crippen molar-refractivity contribution in [1.82, 2.24) is 5.16 Å². The van der Waals surface area contributed by atoms with Crippen molar-refractivity contribution in [2.45, 2.75) is 0 Å². The Bertz CT molecular complexity index is 291. The fraction of sp³-hybridized carbons (Fsp3) is 0.500. The number of hydrogen-bond acceptors (Lipinski definition) is 5. The summed E-state index contributed by atoms with van der Waals surface area (Å²) in [6, 6.07) is 1.64. The van der Waals surface area contributed by atoms with E-state index in [1.165, 1.54) is 0 Å². The fourth-order valence-corrected chi connectivity index (χ4v) is 1.27. The third-order valence-corrected chi connectivity index (χ3v) is 1.96. The van der Waals surface area contributed by atoms with Crippen LogP contribution in [-0.4, -0.2) is 37.7 Å². The maximum Gasteiger partial charge on any atom is 0.228 e. The predicted octanol–water partition coefficient (Wildman–Crippen LogP) is 0.324. The van der Waals surface area contributed by atoms with Crippen LogP contribution in [0.4, 0.5) is 5.88 Å². The molecule has 70 valence electrons. The Hall–Kier alpha value is -1.36. The lowest BCUT2D eigenvalue weighted by molar-refractivity contribution is 0.111. The molecule has 2 rings (SSSR count). The summed E-state index contributed by atoms with van der Waals surface area (Å²) in [6.45, 7) is 2.95. The molecule has 0 spiro atoms. The average Bonchev–Trinajstić information content (AvgIpc) is 2.67. The number of aldehydes is 1. The van der Waals surface area contributed by atoms with E-state index in [9.17, 15) is 4.79 Å². The van der Waals surface area contributed by atoms with Crippen LogP contribution in [0.5, 0.6) is 0 Å². The molecule has 0 bridgehead atoms. The van der Waals surface area contributed by atoms with E-state index < -0.39 is 0 Å². The van der Waals surface area contributed by atoms with Gasteiger partial charge in [-0.1, -0.05) is 5.16 Å². The molecule has 1 aromatic rings. The summed E-state index contributed by atoms with van der Waals surface area (Å²) >= 11 is 0. The quantitative estimate of drug-likeness (QED) is 0.616. The van der Waals surface area contributed by atoms with Gasteiger partial charge in [-0.3, -0.25) is 4.79 Å². The van der Waals surface area contributed by atoms with Crippen molar-refractivity contribution in [2.75, 3.05) is 31.2 Å². The second-order valence-electron chi connectivity index (χ2n) is 2.81. The van der Waals surface area contributed by atoms with E-state index in [1.807, 2.05) is 4.90 Å². The summed E-state index contributed by atoms with van der Waals surface area (Å²) < 4.78 is 10.2. The molecule has 1 aromatic heterocycles. The van der Waals surface area contributed by atoms with E-state index in [0.717, 1.165) is 13.1 Å². The minimum Gasteiger partial charge on any atom is -0.378 e. The number of nitrogens with zero attached hydrogens (tertiary/aromatic N) is 2. The highest BCUT2D eigenvalue weighted by molar-refractivity contribution is 5.72. The molecule has 1 aliphatic heterocycles. The number of rotatable bonds is 2. The number of carbonyl (C=O) groups is 1. The molecule has 1 fully saturated rings. The normalized spacial score (nSPS) is 17.4. The maximum atomic E-state index is 10.3. The molecule has 2 heterocycles. The topological polar surface area (TPSA) is 55.6 Å². The lowest BCUT2D eigenvalue weighted by atomic mass is 10.4. The van der Waals surface area contributed by atoms with Crippen molar-refractivity contribution in [2.24, 2.45) is 0 Å². The summed E-state index contributed by atoms with van der Waals surface area (Å²) in [4.78, 5) is 12.3. The highest BCUT2D eigenvalue weighted by Crippen LogP contribution is 2.15. The Kier molecular flexibility index (Phi) is 2.27. The first-order chi connectivity index (χ1) is 6.40. The maximum absolute atomic E-state index is 10.3. The Morgan fingerprint density at radius 1 is 1.46 bits per heavy atom. The van der Waals surface area contributed by atoms with E-state index in [4.69, 9.17) is 9.26 Å². The van der Waals surface area contributed by atoms with Crippen molar-refractivity contribution < 1.29 is 14.1 Å². The van der Waals surface area contributed by atoms with E-state index in [2.05, 4.69) is 5.16 Å². The molecule has 5 heteroatoms. The van der Waals surface area contributed by atoms with Crippen molar-refractivity contribution in [1.29, 1.82) is 0 Å². The van der Waals surface area contributed by atoms with Gasteiger partial charge in [-0.2, -0.15) is 0 Å². The van der Waals surface area contributed by atoms with Gasteiger partial charge >= 0.3 is 0 Å². The van der Waals surface area contributed by atoms with Crippen molar-refractivity contribution in [3.05, 3.63) is 11.8 Å². The molecule has 0 amide bonds. The van der Waals surface area contributed by atoms with E-state index in [1.54, 1.807) is 6.07 Å². The minimum absolute atomic E-state index is 0.335. The summed E-state index contributed by atoms with van der Waals surface area (Å²) in [5.41, 5.74) is 0.335. The minimum atomic E-state index is 0.335. The number of hydrogen-bond donors (Lipinski definition) is 0. The molecule has 13 heavy (non-hydrogen) atoms. The lowest BCUT2D eigenvalue weighted by Crippen LogP contribution is -2.35. The van der Waals surface area contributed by atoms with Crippen LogP contribution in [0.25, 0.3) is 0 Å². The van der Waals surface area contributed by atoms with Crippen LogP contribution in [-0.2, 0) is 4.74 Å². The van der Waals surface area contributed by atoms with E-state index in [0.29, 0.717) is 31.1 Å². The SMILES string of the molecule is O=Cc1cc(N2CCOCC2)on1. The molecule has 0 unspecified atom stereocenters. The second-order valence-corrected chi connectivity index (χ2v) is 2.81. The van der Waals surface area contributed by atoms with Crippen LogP contribution in [0, 0.1) is 0 Å². The molecule has 0 N–H and O–H groups in total. The summed E-state index contributed by atoms with van der Waals surface area (Å²) in [5.74, 6) is 0.644. The van der Waals surface area contributed by atoms with Crippen molar-refractivity contribution in [3.8, 4) is 0 Å². The average molecular weight is 182 g/mol. The van der Waals surface area contributed by atoms with Crippen LogP contribution in [0.3, 0.4) is 0 Å². The van der Waals surface area contributed by atoms with E-state index >= 15 is 0 Å². The highest BCUT2D eigenvalue weighted by atomic mass is 16.5. The van der Waals surface area contributed by atoms with Gasteiger partial charge in [-0.15, -0.1) is 0 Å². The van der Waals surface area contributed by atoms with Crippen molar-refractivity contribution >= 4 is 12.2 Å². The van der Waals surface area contributed by atoms with Gasteiger partial charge in [0.05, 0.1) is 13.2 Å². The monoisotopic (exact) mass is 182 g/mol. The Morgan fingerprint density at radius 2 is 2.23 bits per heavy atom. The summed E-state index contributed by atoms with van der Waals surface area (Å²) in [5, 5.41) is 3.58. The third-order valence-electron chi connectivity index (χ3n) is 1.96. The van der Waals surface area contributed by atoms with Crippen LogP contribution in [0.1, 0.15) is 10.5 Å². The van der Waals surface area contributed by atoms with Gasteiger partial charge in [-0.25, -0.2) is 0 Å². The molecule has 0 aromatic carbocycles. The summed E-state index contributed by atoms with van der Waals surface area (Å²) in [7, 11) is 0. The van der Waals surface area contributed by atoms with Crippen LogP contribution >= 0.6 is 0 Å². The number of ether oxygens (including phenoxy) is 1. The van der Waals surface area contributed by atoms with Gasteiger partial charge in [0.25, 0.3) is 0 Å². The number of aromatic nitrogens is 1. The molecule has 1 aliphatic rings. The number of morpholine rings is 1. The zero-order chi connectivity index (χ0) is 9.10. The molecule has 0 saturated carbocycles. The predicted molar refractivity (Wildman–Crippen MR) is 44.9 cm³/mol. The number of carbonyl (C=O) groups excluding carboxylic acids is 1. The Morgan fingerprint density at radius 3 is 2.85 bits per heavy atom. The molecular formula is C8H10N2O3. The fourth-order valence-electron chi connectivity index (χ4n) is 1.27. The van der Waals surface area contributed by atoms with Gasteiger partial charge in [0, 0.05) is 19.2 Å².